The number of H-pyrrole nitrogens is 1. The molecule has 34 heavy (non-hydrogen) atoms. The first-order valence-corrected chi connectivity index (χ1v) is 13.4. The minimum Gasteiger partial charge on any atom is -0.494 e. The molecule has 172 valence electrons. The van der Waals surface area contributed by atoms with Crippen LogP contribution in [0.25, 0.3) is 32.5 Å². The molecule has 0 spiro atoms. The molecule has 0 bridgehead atoms. The molecular weight excluding hydrogens is 470 g/mol. The molecule has 0 saturated heterocycles. The summed E-state index contributed by atoms with van der Waals surface area (Å²) < 4.78 is 30.0. The molecule has 1 N–H and O–H groups in total. The number of ether oxygens (including phenoxy) is 1. The summed E-state index contributed by atoms with van der Waals surface area (Å²) in [5, 5.41) is 3.52. The van der Waals surface area contributed by atoms with Gasteiger partial charge in [0.1, 0.15) is 11.4 Å². The Balaban J connectivity index is 1.26. The van der Waals surface area contributed by atoms with Crippen LogP contribution in [0.5, 0.6) is 5.75 Å². The van der Waals surface area contributed by atoms with E-state index in [1.54, 1.807) is 47.9 Å². The first-order chi connectivity index (χ1) is 16.4. The predicted octanol–water partition coefficient (Wildman–Crippen LogP) is 4.61. The molecule has 0 aliphatic heterocycles. The zero-order valence-electron chi connectivity index (χ0n) is 18.3. The maximum atomic E-state index is 12.7. The summed E-state index contributed by atoms with van der Waals surface area (Å²) in [6, 6.07) is 16.1. The highest BCUT2D eigenvalue weighted by molar-refractivity contribution is 7.90. The van der Waals surface area contributed by atoms with Crippen molar-refractivity contribution in [3.63, 3.8) is 0 Å². The molecule has 5 aromatic rings. The van der Waals surface area contributed by atoms with Crippen LogP contribution in [0, 0.1) is 0 Å². The van der Waals surface area contributed by atoms with E-state index in [1.165, 1.54) is 6.26 Å². The van der Waals surface area contributed by atoms with Gasteiger partial charge in [0.2, 0.25) is 0 Å². The van der Waals surface area contributed by atoms with Crippen LogP contribution in [0.4, 0.5) is 0 Å². The number of pyridine rings is 1. The Kier molecular flexibility index (Phi) is 5.89. The fourth-order valence-corrected chi connectivity index (χ4v) is 5.06. The van der Waals surface area contributed by atoms with Crippen molar-refractivity contribution in [1.29, 1.82) is 0 Å². The van der Waals surface area contributed by atoms with Gasteiger partial charge in [0.15, 0.2) is 15.7 Å². The largest absolute Gasteiger partial charge is 0.494 e. The van der Waals surface area contributed by atoms with E-state index in [0.29, 0.717) is 39.7 Å². The van der Waals surface area contributed by atoms with E-state index in [1.807, 2.05) is 29.6 Å². The number of hydrogen-bond acceptors (Lipinski definition) is 7. The standard InChI is InChI=1S/C25H21N3O4S2/c1-34(30,31)19-7-4-16(5-8-19)3-2-11-32-18-6-9-21-20(14-18)25(29)28-24(27-21)22-13-17-10-12-33-23(17)15-26-22/h4-10,12-15H,2-3,11H2,1H3,(H,27,28,29). The molecule has 3 aromatic heterocycles. The normalized spacial score (nSPS) is 11.8. The number of fused-ring (bicyclic) bond motifs is 2. The zero-order valence-corrected chi connectivity index (χ0v) is 19.9. The van der Waals surface area contributed by atoms with E-state index in [9.17, 15) is 13.2 Å². The van der Waals surface area contributed by atoms with Crippen molar-refractivity contribution in [2.45, 2.75) is 17.7 Å². The first-order valence-electron chi connectivity index (χ1n) is 10.7. The van der Waals surface area contributed by atoms with Crippen molar-refractivity contribution in [3.05, 3.63) is 82.1 Å². The van der Waals surface area contributed by atoms with Crippen LogP contribution < -0.4 is 10.3 Å². The summed E-state index contributed by atoms with van der Waals surface area (Å²) in [5.41, 5.74) is 1.99. The van der Waals surface area contributed by atoms with Crippen LogP contribution in [-0.4, -0.2) is 36.2 Å². The van der Waals surface area contributed by atoms with Crippen molar-refractivity contribution in [2.24, 2.45) is 0 Å². The van der Waals surface area contributed by atoms with E-state index in [2.05, 4.69) is 15.0 Å². The molecular formula is C25H21N3O4S2. The molecule has 9 heteroatoms. The number of aryl methyl sites for hydroxylation is 1. The predicted molar refractivity (Wildman–Crippen MR) is 134 cm³/mol. The lowest BCUT2D eigenvalue weighted by Crippen LogP contribution is -2.10. The Morgan fingerprint density at radius 1 is 1.06 bits per heavy atom. The van der Waals surface area contributed by atoms with E-state index < -0.39 is 9.84 Å². The summed E-state index contributed by atoms with van der Waals surface area (Å²) in [6.07, 6.45) is 4.49. The third-order valence-electron chi connectivity index (χ3n) is 5.49. The van der Waals surface area contributed by atoms with E-state index >= 15 is 0 Å². The molecule has 0 aliphatic carbocycles. The van der Waals surface area contributed by atoms with Gasteiger partial charge in [-0.2, -0.15) is 0 Å². The van der Waals surface area contributed by atoms with Crippen LogP contribution in [0.2, 0.25) is 0 Å². The van der Waals surface area contributed by atoms with Crippen molar-refractivity contribution in [1.82, 2.24) is 15.0 Å². The molecule has 7 nitrogen and oxygen atoms in total. The molecule has 0 fully saturated rings. The topological polar surface area (TPSA) is 102 Å². The van der Waals surface area contributed by atoms with Crippen LogP contribution in [-0.2, 0) is 16.3 Å². The van der Waals surface area contributed by atoms with Gasteiger partial charge in [-0.15, -0.1) is 11.3 Å². The Morgan fingerprint density at radius 3 is 2.68 bits per heavy atom. The van der Waals surface area contributed by atoms with Crippen LogP contribution in [0.15, 0.2) is 75.9 Å². The molecule has 2 aromatic carbocycles. The summed E-state index contributed by atoms with van der Waals surface area (Å²) in [4.78, 5) is 24.9. The molecule has 0 saturated carbocycles. The Morgan fingerprint density at radius 2 is 1.88 bits per heavy atom. The summed E-state index contributed by atoms with van der Waals surface area (Å²) in [5.74, 6) is 1.03. The number of aromatic amines is 1. The highest BCUT2D eigenvalue weighted by Crippen LogP contribution is 2.24. The van der Waals surface area contributed by atoms with E-state index in [-0.39, 0.29) is 5.56 Å². The number of hydrogen-bond donors (Lipinski definition) is 1. The molecule has 0 unspecified atom stereocenters. The average molecular weight is 492 g/mol. The lowest BCUT2D eigenvalue weighted by atomic mass is 10.1. The molecule has 0 amide bonds. The number of aromatic nitrogens is 3. The smallest absolute Gasteiger partial charge is 0.259 e. The Hall–Kier alpha value is -3.56. The minimum atomic E-state index is -3.19. The minimum absolute atomic E-state index is 0.247. The number of benzene rings is 2. The SMILES string of the molecule is CS(=O)(=O)c1ccc(CCCOc2ccc3nc(-c4cc5ccsc5cn4)[nH]c(=O)c3c2)cc1. The monoisotopic (exact) mass is 491 g/mol. The van der Waals surface area contributed by atoms with E-state index in [0.717, 1.165) is 28.5 Å². The van der Waals surface area contributed by atoms with Crippen LogP contribution in [0.3, 0.4) is 0 Å². The maximum Gasteiger partial charge on any atom is 0.259 e. The second-order valence-electron chi connectivity index (χ2n) is 7.99. The Bertz CT molecular complexity index is 1660. The lowest BCUT2D eigenvalue weighted by Gasteiger charge is -2.08. The number of thiophene rings is 1. The van der Waals surface area contributed by atoms with Crippen molar-refractivity contribution >= 4 is 42.2 Å². The second kappa shape index (κ2) is 9.00. The van der Waals surface area contributed by atoms with E-state index in [4.69, 9.17) is 4.74 Å². The van der Waals surface area contributed by atoms with Gasteiger partial charge in [-0.25, -0.2) is 13.4 Å². The van der Waals surface area contributed by atoms with Gasteiger partial charge < -0.3 is 9.72 Å². The fraction of sp³-hybridized carbons (Fsp3) is 0.160. The summed E-state index contributed by atoms with van der Waals surface area (Å²) >= 11 is 1.62. The van der Waals surface area contributed by atoms with Gasteiger partial charge in [0, 0.05) is 12.5 Å². The average Bonchev–Trinajstić information content (AvgIpc) is 3.30. The highest BCUT2D eigenvalue weighted by Gasteiger charge is 2.10. The summed E-state index contributed by atoms with van der Waals surface area (Å²) in [6.45, 7) is 0.466. The van der Waals surface area contributed by atoms with Crippen molar-refractivity contribution in [2.75, 3.05) is 12.9 Å². The molecule has 0 radical (unpaired) electrons. The maximum absolute atomic E-state index is 12.7. The summed E-state index contributed by atoms with van der Waals surface area (Å²) in [7, 11) is -3.19. The Labute approximate surface area is 200 Å². The molecule has 3 heterocycles. The van der Waals surface area contributed by atoms with Gasteiger partial charge in [-0.1, -0.05) is 12.1 Å². The highest BCUT2D eigenvalue weighted by atomic mass is 32.2. The van der Waals surface area contributed by atoms with Crippen LogP contribution in [0.1, 0.15) is 12.0 Å². The van der Waals surface area contributed by atoms with Gasteiger partial charge in [-0.05, 0) is 71.6 Å². The van der Waals surface area contributed by atoms with Gasteiger partial charge >= 0.3 is 0 Å². The lowest BCUT2D eigenvalue weighted by molar-refractivity contribution is 0.311. The number of sulfone groups is 1. The van der Waals surface area contributed by atoms with Crippen molar-refractivity contribution < 1.29 is 13.2 Å². The fourth-order valence-electron chi connectivity index (χ4n) is 3.70. The number of nitrogens with one attached hydrogen (secondary N) is 1. The zero-order chi connectivity index (χ0) is 23.7. The van der Waals surface area contributed by atoms with Gasteiger partial charge in [0.05, 0.1) is 27.1 Å². The van der Waals surface area contributed by atoms with Gasteiger partial charge in [-0.3, -0.25) is 9.78 Å². The van der Waals surface area contributed by atoms with Gasteiger partial charge in [0.25, 0.3) is 5.56 Å². The van der Waals surface area contributed by atoms with Crippen molar-refractivity contribution in [3.8, 4) is 17.3 Å². The first kappa shape index (κ1) is 22.2. The molecule has 0 aliphatic rings. The second-order valence-corrected chi connectivity index (χ2v) is 11.0. The van der Waals surface area contributed by atoms with Crippen LogP contribution >= 0.6 is 11.3 Å². The third kappa shape index (κ3) is 4.71. The number of rotatable bonds is 7. The third-order valence-corrected chi connectivity index (χ3v) is 7.49. The number of nitrogens with zero attached hydrogens (tertiary/aromatic N) is 2. The molecule has 5 rings (SSSR count). The molecule has 0 atom stereocenters. The quantitative estimate of drug-likeness (QED) is 0.334.